The van der Waals surface area contributed by atoms with Crippen molar-refractivity contribution in [2.75, 3.05) is 24.5 Å². The van der Waals surface area contributed by atoms with E-state index in [1.54, 1.807) is 6.26 Å². The first kappa shape index (κ1) is 21.3. The van der Waals surface area contributed by atoms with Crippen LogP contribution in [-0.4, -0.2) is 36.3 Å². The van der Waals surface area contributed by atoms with Crippen LogP contribution in [0.3, 0.4) is 0 Å². The van der Waals surface area contributed by atoms with E-state index in [-0.39, 0.29) is 17.7 Å². The quantitative estimate of drug-likeness (QED) is 0.647. The fourth-order valence-corrected chi connectivity index (χ4v) is 4.79. The Morgan fingerprint density at radius 3 is 2.39 bits per heavy atom. The van der Waals surface area contributed by atoms with Gasteiger partial charge in [0, 0.05) is 43.3 Å². The van der Waals surface area contributed by atoms with E-state index in [1.807, 2.05) is 29.2 Å². The normalized spacial score (nSPS) is 16.4. The Balaban J connectivity index is 1.13. The van der Waals surface area contributed by atoms with Gasteiger partial charge in [-0.15, -0.1) is 0 Å². The zero-order chi connectivity index (χ0) is 22.6. The number of anilines is 1. The highest BCUT2D eigenvalue weighted by atomic mass is 16.3. The lowest BCUT2D eigenvalue weighted by Crippen LogP contribution is -2.42. The summed E-state index contributed by atoms with van der Waals surface area (Å²) in [6.07, 6.45) is 4.01. The molecule has 170 valence electrons. The third-order valence-electron chi connectivity index (χ3n) is 6.78. The Bertz CT molecular complexity index is 1100. The Morgan fingerprint density at radius 2 is 1.67 bits per heavy atom. The number of nitrogens with zero attached hydrogens (tertiary/aromatic N) is 2. The number of nitrogens with one attached hydrogen (secondary N) is 1. The molecule has 2 amide bonds. The van der Waals surface area contributed by atoms with Gasteiger partial charge in [0.2, 0.25) is 5.91 Å². The highest BCUT2D eigenvalue weighted by Gasteiger charge is 2.28. The van der Waals surface area contributed by atoms with Gasteiger partial charge in [-0.25, -0.2) is 0 Å². The number of hydrogen-bond donors (Lipinski definition) is 1. The summed E-state index contributed by atoms with van der Waals surface area (Å²) in [7, 11) is 0. The van der Waals surface area contributed by atoms with Crippen molar-refractivity contribution in [1.82, 2.24) is 10.2 Å². The third kappa shape index (κ3) is 4.80. The first-order valence-corrected chi connectivity index (χ1v) is 11.7. The molecule has 1 N–H and O–H groups in total. The van der Waals surface area contributed by atoms with Gasteiger partial charge in [-0.05, 0) is 66.8 Å². The molecule has 0 atom stereocenters. The molecule has 0 saturated carbocycles. The fraction of sp³-hybridized carbons (Fsp3) is 0.333. The number of amides is 2. The van der Waals surface area contributed by atoms with Crippen molar-refractivity contribution in [1.29, 1.82) is 0 Å². The van der Waals surface area contributed by atoms with Gasteiger partial charge in [0.15, 0.2) is 0 Å². The number of piperidine rings is 1. The maximum Gasteiger partial charge on any atom is 0.253 e. The van der Waals surface area contributed by atoms with Crippen LogP contribution in [0.5, 0.6) is 0 Å². The highest BCUT2D eigenvalue weighted by molar-refractivity contribution is 5.94. The summed E-state index contributed by atoms with van der Waals surface area (Å²) >= 11 is 0. The molecular formula is C27H29N3O3. The molecule has 1 aromatic heterocycles. The van der Waals surface area contributed by atoms with Crippen LogP contribution in [0.25, 0.3) is 0 Å². The van der Waals surface area contributed by atoms with Crippen LogP contribution in [0.4, 0.5) is 5.69 Å². The summed E-state index contributed by atoms with van der Waals surface area (Å²) in [5, 5.41) is 2.93. The minimum atomic E-state index is -0.0617. The average Bonchev–Trinajstić information content (AvgIpc) is 3.40. The number of carbonyl (C=O) groups is 2. The molecule has 2 aliphatic rings. The van der Waals surface area contributed by atoms with Gasteiger partial charge in [0.25, 0.3) is 5.91 Å². The van der Waals surface area contributed by atoms with E-state index < -0.39 is 0 Å². The number of benzene rings is 2. The Kier molecular flexibility index (Phi) is 6.15. The van der Waals surface area contributed by atoms with E-state index in [0.29, 0.717) is 38.0 Å². The topological polar surface area (TPSA) is 65.8 Å². The monoisotopic (exact) mass is 443 g/mol. The van der Waals surface area contributed by atoms with Gasteiger partial charge in [-0.1, -0.05) is 24.3 Å². The predicted octanol–water partition coefficient (Wildman–Crippen LogP) is 4.01. The predicted molar refractivity (Wildman–Crippen MR) is 127 cm³/mol. The summed E-state index contributed by atoms with van der Waals surface area (Å²) in [6, 6.07) is 20.2. The standard InChI is InChI=1S/C27H29N3O3/c31-26(28-18-25-6-3-17-33-25)21-12-14-29(15-13-21)27(32)22-7-9-24(10-8-22)30-16-11-20-4-1-2-5-23(20)19-30/h1-10,17,21H,11-16,18-19H2,(H,28,31). The third-order valence-corrected chi connectivity index (χ3v) is 6.78. The first-order chi connectivity index (χ1) is 16.2. The number of furan rings is 1. The van der Waals surface area contributed by atoms with Crippen LogP contribution in [0.15, 0.2) is 71.3 Å². The maximum absolute atomic E-state index is 13.0. The number of fused-ring (bicyclic) bond motifs is 1. The van der Waals surface area contributed by atoms with Crippen molar-refractivity contribution in [2.24, 2.45) is 5.92 Å². The van der Waals surface area contributed by atoms with Gasteiger partial charge < -0.3 is 19.5 Å². The zero-order valence-corrected chi connectivity index (χ0v) is 18.7. The number of rotatable bonds is 5. The van der Waals surface area contributed by atoms with Crippen molar-refractivity contribution in [3.05, 3.63) is 89.4 Å². The molecule has 0 radical (unpaired) electrons. The van der Waals surface area contributed by atoms with Crippen LogP contribution in [0.1, 0.15) is 40.1 Å². The number of hydrogen-bond acceptors (Lipinski definition) is 4. The minimum Gasteiger partial charge on any atom is -0.467 e. The fourth-order valence-electron chi connectivity index (χ4n) is 4.79. The molecule has 2 aromatic carbocycles. The summed E-state index contributed by atoms with van der Waals surface area (Å²) in [5.41, 5.74) is 4.66. The molecule has 0 spiro atoms. The van der Waals surface area contributed by atoms with Gasteiger partial charge in [0.1, 0.15) is 5.76 Å². The second kappa shape index (κ2) is 9.53. The largest absolute Gasteiger partial charge is 0.467 e. The number of likely N-dealkylation sites (tertiary alicyclic amines) is 1. The van der Waals surface area contributed by atoms with E-state index in [1.165, 1.54) is 11.1 Å². The molecule has 0 aliphatic carbocycles. The molecule has 3 heterocycles. The van der Waals surface area contributed by atoms with Gasteiger partial charge >= 0.3 is 0 Å². The Hall–Kier alpha value is -3.54. The Labute approximate surface area is 194 Å². The molecule has 1 saturated heterocycles. The molecular weight excluding hydrogens is 414 g/mol. The van der Waals surface area contributed by atoms with Crippen LogP contribution < -0.4 is 10.2 Å². The van der Waals surface area contributed by atoms with Crippen LogP contribution in [-0.2, 0) is 24.3 Å². The maximum atomic E-state index is 13.0. The van der Waals surface area contributed by atoms with Crippen molar-refractivity contribution >= 4 is 17.5 Å². The lowest BCUT2D eigenvalue weighted by atomic mass is 9.95. The smallest absolute Gasteiger partial charge is 0.253 e. The molecule has 5 rings (SSSR count). The van der Waals surface area contributed by atoms with E-state index >= 15 is 0 Å². The second-order valence-corrected chi connectivity index (χ2v) is 8.85. The minimum absolute atomic E-state index is 0.0333. The molecule has 6 heteroatoms. The highest BCUT2D eigenvalue weighted by Crippen LogP contribution is 2.25. The summed E-state index contributed by atoms with van der Waals surface area (Å²) < 4.78 is 5.26. The molecule has 3 aromatic rings. The van der Waals surface area contributed by atoms with Crippen molar-refractivity contribution in [3.8, 4) is 0 Å². The first-order valence-electron chi connectivity index (χ1n) is 11.7. The van der Waals surface area contributed by atoms with Gasteiger partial charge in [0.05, 0.1) is 12.8 Å². The summed E-state index contributed by atoms with van der Waals surface area (Å²) in [4.78, 5) is 29.7. The lowest BCUT2D eigenvalue weighted by molar-refractivity contribution is -0.126. The molecule has 33 heavy (non-hydrogen) atoms. The zero-order valence-electron chi connectivity index (χ0n) is 18.7. The van der Waals surface area contributed by atoms with Crippen molar-refractivity contribution < 1.29 is 14.0 Å². The van der Waals surface area contributed by atoms with Crippen LogP contribution in [0.2, 0.25) is 0 Å². The summed E-state index contributed by atoms with van der Waals surface area (Å²) in [5.74, 6) is 0.757. The SMILES string of the molecule is O=C(NCc1ccco1)C1CCN(C(=O)c2ccc(N3CCc4ccccc4C3)cc2)CC1. The van der Waals surface area contributed by atoms with Crippen molar-refractivity contribution in [3.63, 3.8) is 0 Å². The molecule has 1 fully saturated rings. The van der Waals surface area contributed by atoms with E-state index in [9.17, 15) is 9.59 Å². The number of carbonyl (C=O) groups excluding carboxylic acids is 2. The van der Waals surface area contributed by atoms with E-state index in [2.05, 4.69) is 46.6 Å². The molecule has 2 aliphatic heterocycles. The molecule has 0 bridgehead atoms. The van der Waals surface area contributed by atoms with Crippen LogP contribution >= 0.6 is 0 Å². The molecule has 6 nitrogen and oxygen atoms in total. The lowest BCUT2D eigenvalue weighted by Gasteiger charge is -2.32. The Morgan fingerprint density at radius 1 is 0.909 bits per heavy atom. The van der Waals surface area contributed by atoms with E-state index in [4.69, 9.17) is 4.42 Å². The van der Waals surface area contributed by atoms with Gasteiger partial charge in [-0.2, -0.15) is 0 Å². The summed E-state index contributed by atoms with van der Waals surface area (Å²) in [6.45, 7) is 3.49. The average molecular weight is 444 g/mol. The second-order valence-electron chi connectivity index (χ2n) is 8.85. The van der Waals surface area contributed by atoms with Crippen LogP contribution in [0, 0.1) is 5.92 Å². The van der Waals surface area contributed by atoms with Gasteiger partial charge in [-0.3, -0.25) is 9.59 Å². The van der Waals surface area contributed by atoms with E-state index in [0.717, 1.165) is 31.0 Å². The van der Waals surface area contributed by atoms with Crippen molar-refractivity contribution in [2.45, 2.75) is 32.4 Å². The molecule has 0 unspecified atom stereocenters.